The predicted molar refractivity (Wildman–Crippen MR) is 73.0 cm³/mol. The Bertz CT molecular complexity index is 490. The summed E-state index contributed by atoms with van der Waals surface area (Å²) in [6.07, 6.45) is 0.331. The van der Waals surface area contributed by atoms with Gasteiger partial charge in [0.1, 0.15) is 0 Å². The maximum atomic E-state index is 13.5. The molecule has 0 fully saturated rings. The SMILES string of the molecule is CC(C)CC(CO)NC(=O)C1Cc2cccc(F)c2O1. The number of aliphatic hydroxyl groups excluding tert-OH is 1. The van der Waals surface area contributed by atoms with Crippen LogP contribution in [0.1, 0.15) is 25.8 Å². The highest BCUT2D eigenvalue weighted by Gasteiger charge is 2.32. The van der Waals surface area contributed by atoms with Gasteiger partial charge in [-0.25, -0.2) is 4.39 Å². The number of carbonyl (C=O) groups is 1. The maximum Gasteiger partial charge on any atom is 0.261 e. The zero-order valence-corrected chi connectivity index (χ0v) is 11.7. The average molecular weight is 281 g/mol. The van der Waals surface area contributed by atoms with E-state index in [1.54, 1.807) is 12.1 Å². The van der Waals surface area contributed by atoms with Crippen LogP contribution in [-0.4, -0.2) is 29.8 Å². The van der Waals surface area contributed by atoms with Crippen LogP contribution in [0.5, 0.6) is 5.75 Å². The molecule has 0 saturated carbocycles. The molecule has 2 atom stereocenters. The number of ether oxygens (including phenoxy) is 1. The van der Waals surface area contributed by atoms with Crippen molar-refractivity contribution in [1.82, 2.24) is 5.32 Å². The van der Waals surface area contributed by atoms with Gasteiger partial charge < -0.3 is 15.2 Å². The smallest absolute Gasteiger partial charge is 0.261 e. The summed E-state index contributed by atoms with van der Waals surface area (Å²) in [4.78, 5) is 12.1. The van der Waals surface area contributed by atoms with Crippen molar-refractivity contribution in [1.29, 1.82) is 0 Å². The summed E-state index contributed by atoms with van der Waals surface area (Å²) in [5.41, 5.74) is 0.703. The average Bonchev–Trinajstić information content (AvgIpc) is 2.83. The third kappa shape index (κ3) is 3.28. The van der Waals surface area contributed by atoms with E-state index < -0.39 is 11.9 Å². The van der Waals surface area contributed by atoms with Crippen LogP contribution in [0.4, 0.5) is 4.39 Å². The Balaban J connectivity index is 1.97. The van der Waals surface area contributed by atoms with Crippen molar-refractivity contribution in [3.8, 4) is 5.75 Å². The summed E-state index contributed by atoms with van der Waals surface area (Å²) in [5.74, 6) is -0.220. The number of hydrogen-bond acceptors (Lipinski definition) is 3. The largest absolute Gasteiger partial charge is 0.477 e. The molecular formula is C15H20FNO3. The van der Waals surface area contributed by atoms with E-state index in [0.717, 1.165) is 0 Å². The lowest BCUT2D eigenvalue weighted by atomic mass is 10.0. The van der Waals surface area contributed by atoms with Crippen LogP contribution in [0.3, 0.4) is 0 Å². The Morgan fingerprint density at radius 2 is 2.30 bits per heavy atom. The fourth-order valence-electron chi connectivity index (χ4n) is 2.42. The number of rotatable bonds is 5. The van der Waals surface area contributed by atoms with E-state index in [1.165, 1.54) is 6.07 Å². The van der Waals surface area contributed by atoms with Crippen molar-refractivity contribution >= 4 is 5.91 Å². The van der Waals surface area contributed by atoms with Gasteiger partial charge in [0, 0.05) is 12.0 Å². The first kappa shape index (κ1) is 14.8. The zero-order valence-electron chi connectivity index (χ0n) is 11.7. The molecule has 110 valence electrons. The number of para-hydroxylation sites is 1. The summed E-state index contributed by atoms with van der Waals surface area (Å²) >= 11 is 0. The molecule has 0 aliphatic carbocycles. The molecule has 0 spiro atoms. The molecular weight excluding hydrogens is 261 g/mol. The van der Waals surface area contributed by atoms with Crippen LogP contribution in [0.2, 0.25) is 0 Å². The quantitative estimate of drug-likeness (QED) is 0.863. The first-order chi connectivity index (χ1) is 9.51. The topological polar surface area (TPSA) is 58.6 Å². The van der Waals surface area contributed by atoms with Gasteiger partial charge in [-0.1, -0.05) is 26.0 Å². The molecule has 1 heterocycles. The fourth-order valence-corrected chi connectivity index (χ4v) is 2.42. The normalized spacial score (nSPS) is 18.6. The molecule has 0 saturated heterocycles. The van der Waals surface area contributed by atoms with Crippen molar-refractivity contribution in [3.63, 3.8) is 0 Å². The molecule has 2 unspecified atom stereocenters. The van der Waals surface area contributed by atoms with Crippen LogP contribution < -0.4 is 10.1 Å². The van der Waals surface area contributed by atoms with E-state index in [2.05, 4.69) is 5.32 Å². The number of benzene rings is 1. The van der Waals surface area contributed by atoms with Gasteiger partial charge in [-0.15, -0.1) is 0 Å². The standard InChI is InChI=1S/C15H20FNO3/c1-9(2)6-11(8-18)17-15(19)13-7-10-4-3-5-12(16)14(10)20-13/h3-5,9,11,13,18H,6-8H2,1-2H3,(H,17,19). The summed E-state index contributed by atoms with van der Waals surface area (Å²) in [6.45, 7) is 3.93. The molecule has 0 aromatic heterocycles. The van der Waals surface area contributed by atoms with E-state index >= 15 is 0 Å². The highest BCUT2D eigenvalue weighted by atomic mass is 19.1. The Morgan fingerprint density at radius 1 is 1.55 bits per heavy atom. The molecule has 1 aromatic carbocycles. The van der Waals surface area contributed by atoms with Crippen molar-refractivity contribution in [3.05, 3.63) is 29.6 Å². The first-order valence-corrected chi connectivity index (χ1v) is 6.86. The minimum atomic E-state index is -0.719. The third-order valence-corrected chi connectivity index (χ3v) is 3.33. The Morgan fingerprint density at radius 3 is 2.90 bits per heavy atom. The van der Waals surface area contributed by atoms with E-state index in [1.807, 2.05) is 13.8 Å². The van der Waals surface area contributed by atoms with Gasteiger partial charge in [-0.3, -0.25) is 4.79 Å². The third-order valence-electron chi connectivity index (χ3n) is 3.33. The fraction of sp³-hybridized carbons (Fsp3) is 0.533. The van der Waals surface area contributed by atoms with Crippen molar-refractivity contribution in [2.75, 3.05) is 6.61 Å². The lowest BCUT2D eigenvalue weighted by Crippen LogP contribution is -2.45. The Labute approximate surface area is 117 Å². The second kappa shape index (κ2) is 6.22. The minimum Gasteiger partial charge on any atom is -0.477 e. The summed E-state index contributed by atoms with van der Waals surface area (Å²) in [7, 11) is 0. The van der Waals surface area contributed by atoms with Crippen LogP contribution >= 0.6 is 0 Å². The molecule has 1 aromatic rings. The number of aliphatic hydroxyl groups is 1. The van der Waals surface area contributed by atoms with Crippen molar-refractivity contribution in [2.45, 2.75) is 38.8 Å². The minimum absolute atomic E-state index is 0.113. The van der Waals surface area contributed by atoms with Crippen molar-refractivity contribution < 1.29 is 19.0 Å². The Hall–Kier alpha value is -1.62. The molecule has 2 rings (SSSR count). The lowest BCUT2D eigenvalue weighted by Gasteiger charge is -2.20. The predicted octanol–water partition coefficient (Wildman–Crippen LogP) is 1.65. The van der Waals surface area contributed by atoms with E-state index in [9.17, 15) is 14.3 Å². The second-order valence-corrected chi connectivity index (χ2v) is 5.56. The van der Waals surface area contributed by atoms with Gasteiger partial charge in [0.2, 0.25) is 0 Å². The number of amides is 1. The van der Waals surface area contributed by atoms with Crippen LogP contribution in [0.25, 0.3) is 0 Å². The van der Waals surface area contributed by atoms with E-state index in [4.69, 9.17) is 4.74 Å². The number of carbonyl (C=O) groups excluding carboxylic acids is 1. The highest BCUT2D eigenvalue weighted by Crippen LogP contribution is 2.31. The molecule has 20 heavy (non-hydrogen) atoms. The van der Waals surface area contributed by atoms with E-state index in [-0.39, 0.29) is 24.3 Å². The first-order valence-electron chi connectivity index (χ1n) is 6.86. The number of halogens is 1. The molecule has 1 amide bonds. The van der Waals surface area contributed by atoms with Gasteiger partial charge in [0.15, 0.2) is 17.7 Å². The van der Waals surface area contributed by atoms with Gasteiger partial charge in [0.05, 0.1) is 12.6 Å². The van der Waals surface area contributed by atoms with Gasteiger partial charge in [-0.2, -0.15) is 0 Å². The zero-order chi connectivity index (χ0) is 14.7. The van der Waals surface area contributed by atoms with Crippen LogP contribution in [0, 0.1) is 11.7 Å². The summed E-state index contributed by atoms with van der Waals surface area (Å²) < 4.78 is 18.9. The van der Waals surface area contributed by atoms with Gasteiger partial charge >= 0.3 is 0 Å². The molecule has 2 N–H and O–H groups in total. The molecule has 1 aliphatic heterocycles. The number of hydrogen-bond donors (Lipinski definition) is 2. The maximum absolute atomic E-state index is 13.5. The monoisotopic (exact) mass is 281 g/mol. The van der Waals surface area contributed by atoms with Crippen LogP contribution in [-0.2, 0) is 11.2 Å². The van der Waals surface area contributed by atoms with Gasteiger partial charge in [0.25, 0.3) is 5.91 Å². The second-order valence-electron chi connectivity index (χ2n) is 5.56. The van der Waals surface area contributed by atoms with E-state index in [0.29, 0.717) is 24.3 Å². The van der Waals surface area contributed by atoms with Gasteiger partial charge in [-0.05, 0) is 18.4 Å². The molecule has 0 radical (unpaired) electrons. The molecule has 0 bridgehead atoms. The highest BCUT2D eigenvalue weighted by molar-refractivity contribution is 5.82. The molecule has 5 heteroatoms. The summed E-state index contributed by atoms with van der Waals surface area (Å²) in [6, 6.07) is 4.38. The number of nitrogens with one attached hydrogen (secondary N) is 1. The molecule has 4 nitrogen and oxygen atoms in total. The summed E-state index contributed by atoms with van der Waals surface area (Å²) in [5, 5.41) is 12.0. The van der Waals surface area contributed by atoms with Crippen molar-refractivity contribution in [2.24, 2.45) is 5.92 Å². The van der Waals surface area contributed by atoms with Crippen LogP contribution in [0.15, 0.2) is 18.2 Å². The number of fused-ring (bicyclic) bond motifs is 1. The lowest BCUT2D eigenvalue weighted by molar-refractivity contribution is -0.128. The Kier molecular flexibility index (Phi) is 4.60. The molecule has 1 aliphatic rings.